The predicted molar refractivity (Wildman–Crippen MR) is 82.6 cm³/mol. The summed E-state index contributed by atoms with van der Waals surface area (Å²) in [6.07, 6.45) is 4.80. The number of rotatable bonds is 3. The van der Waals surface area contributed by atoms with E-state index in [9.17, 15) is 8.42 Å². The first kappa shape index (κ1) is 15.0. The van der Waals surface area contributed by atoms with Crippen molar-refractivity contribution in [1.29, 1.82) is 0 Å². The molecule has 0 aromatic heterocycles. The van der Waals surface area contributed by atoms with E-state index in [1.807, 2.05) is 6.07 Å². The maximum Gasteiger partial charge on any atom is 0.150 e. The third-order valence-corrected chi connectivity index (χ3v) is 6.70. The zero-order valence-electron chi connectivity index (χ0n) is 10.8. The van der Waals surface area contributed by atoms with Crippen LogP contribution in [0.25, 0.3) is 0 Å². The second kappa shape index (κ2) is 5.94. The third kappa shape index (κ3) is 4.04. The Hall–Kier alpha value is -0.390. The highest BCUT2D eigenvalue weighted by molar-refractivity contribution is 8.00. The Morgan fingerprint density at radius 1 is 1.37 bits per heavy atom. The third-order valence-electron chi connectivity index (χ3n) is 3.45. The topological polar surface area (TPSA) is 60.2 Å². The molecule has 3 nitrogen and oxygen atoms in total. The number of halogens is 1. The molecule has 0 heterocycles. The van der Waals surface area contributed by atoms with Crippen LogP contribution in [0.15, 0.2) is 23.1 Å². The molecule has 2 unspecified atom stereocenters. The fourth-order valence-electron chi connectivity index (χ4n) is 2.39. The van der Waals surface area contributed by atoms with Crippen LogP contribution < -0.4 is 5.73 Å². The van der Waals surface area contributed by atoms with Crippen LogP contribution in [0.5, 0.6) is 0 Å². The van der Waals surface area contributed by atoms with E-state index in [4.69, 9.17) is 17.3 Å². The molecule has 2 rings (SSSR count). The first-order chi connectivity index (χ1) is 8.86. The number of thioether (sulfide) groups is 1. The second-order valence-electron chi connectivity index (χ2n) is 5.04. The predicted octanol–water partition coefficient (Wildman–Crippen LogP) is 3.37. The van der Waals surface area contributed by atoms with Gasteiger partial charge in [0, 0.05) is 27.1 Å². The standard InChI is InChI=1S/C13H18ClNO2S2/c1-19(16,17)11-4-2-3-10(8-11)18-13-7-9(14)5-6-12(13)15/h5-7,10-11H,2-4,8,15H2,1H3. The summed E-state index contributed by atoms with van der Waals surface area (Å²) in [5.41, 5.74) is 6.63. The van der Waals surface area contributed by atoms with Crippen LogP contribution in [0.2, 0.25) is 5.02 Å². The molecule has 0 amide bonds. The van der Waals surface area contributed by atoms with Gasteiger partial charge in [0.05, 0.1) is 5.25 Å². The van der Waals surface area contributed by atoms with E-state index < -0.39 is 9.84 Å². The molecule has 0 bridgehead atoms. The van der Waals surface area contributed by atoms with E-state index in [1.165, 1.54) is 6.26 Å². The van der Waals surface area contributed by atoms with Crippen LogP contribution in [0.4, 0.5) is 5.69 Å². The van der Waals surface area contributed by atoms with Crippen LogP contribution in [-0.2, 0) is 9.84 Å². The molecule has 1 aliphatic carbocycles. The SMILES string of the molecule is CS(=O)(=O)C1CCCC(Sc2cc(Cl)ccc2N)C1. The summed E-state index contributed by atoms with van der Waals surface area (Å²) in [5, 5.41) is 0.751. The Morgan fingerprint density at radius 2 is 2.11 bits per heavy atom. The highest BCUT2D eigenvalue weighted by Crippen LogP contribution is 2.38. The van der Waals surface area contributed by atoms with Gasteiger partial charge in [0.25, 0.3) is 0 Å². The van der Waals surface area contributed by atoms with Gasteiger partial charge in [-0.15, -0.1) is 11.8 Å². The first-order valence-corrected chi connectivity index (χ1v) is 9.48. The first-order valence-electron chi connectivity index (χ1n) is 6.27. The maximum absolute atomic E-state index is 11.7. The molecule has 106 valence electrons. The van der Waals surface area contributed by atoms with Crippen molar-refractivity contribution in [2.45, 2.75) is 41.1 Å². The number of nitrogen functional groups attached to an aromatic ring is 1. The zero-order chi connectivity index (χ0) is 14.0. The number of anilines is 1. The van der Waals surface area contributed by atoms with E-state index in [-0.39, 0.29) is 5.25 Å². The van der Waals surface area contributed by atoms with Gasteiger partial charge in [-0.1, -0.05) is 18.0 Å². The summed E-state index contributed by atoms with van der Waals surface area (Å²) in [6.45, 7) is 0. The van der Waals surface area contributed by atoms with Crippen molar-refractivity contribution in [2.75, 3.05) is 12.0 Å². The summed E-state index contributed by atoms with van der Waals surface area (Å²) < 4.78 is 23.3. The highest BCUT2D eigenvalue weighted by Gasteiger charge is 2.29. The molecule has 0 aliphatic heterocycles. The Kier molecular flexibility index (Phi) is 4.69. The van der Waals surface area contributed by atoms with E-state index in [1.54, 1.807) is 23.9 Å². The summed E-state index contributed by atoms with van der Waals surface area (Å²) in [7, 11) is -2.94. The van der Waals surface area contributed by atoms with Crippen molar-refractivity contribution < 1.29 is 8.42 Å². The molecule has 0 radical (unpaired) electrons. The Bertz CT molecular complexity index is 560. The number of sulfone groups is 1. The van der Waals surface area contributed by atoms with Crippen LogP contribution in [0.1, 0.15) is 25.7 Å². The molecule has 1 fully saturated rings. The van der Waals surface area contributed by atoms with E-state index in [0.29, 0.717) is 22.4 Å². The van der Waals surface area contributed by atoms with Gasteiger partial charge in [-0.25, -0.2) is 8.42 Å². The average molecular weight is 320 g/mol. The van der Waals surface area contributed by atoms with Gasteiger partial charge in [0.15, 0.2) is 0 Å². The molecule has 0 saturated heterocycles. The molecule has 6 heteroatoms. The second-order valence-corrected chi connectivity index (χ2v) is 9.14. The van der Waals surface area contributed by atoms with E-state index in [2.05, 4.69) is 0 Å². The molecule has 1 saturated carbocycles. The Balaban J connectivity index is 2.09. The van der Waals surface area contributed by atoms with Gasteiger partial charge in [-0.2, -0.15) is 0 Å². The monoisotopic (exact) mass is 319 g/mol. The number of hydrogen-bond donors (Lipinski definition) is 1. The van der Waals surface area contributed by atoms with Crippen LogP contribution in [-0.4, -0.2) is 25.2 Å². The number of nitrogens with two attached hydrogens (primary N) is 1. The van der Waals surface area contributed by atoms with Crippen LogP contribution in [0.3, 0.4) is 0 Å². The summed E-state index contributed by atoms with van der Waals surface area (Å²) in [4.78, 5) is 0.951. The maximum atomic E-state index is 11.7. The molecule has 19 heavy (non-hydrogen) atoms. The highest BCUT2D eigenvalue weighted by atomic mass is 35.5. The fraction of sp³-hybridized carbons (Fsp3) is 0.538. The quantitative estimate of drug-likeness (QED) is 0.868. The van der Waals surface area contributed by atoms with Gasteiger partial charge in [0.1, 0.15) is 9.84 Å². The van der Waals surface area contributed by atoms with E-state index >= 15 is 0 Å². The lowest BCUT2D eigenvalue weighted by atomic mass is 10.00. The smallest absolute Gasteiger partial charge is 0.150 e. The molecular formula is C13H18ClNO2S2. The van der Waals surface area contributed by atoms with Gasteiger partial charge in [-0.3, -0.25) is 0 Å². The van der Waals surface area contributed by atoms with Gasteiger partial charge >= 0.3 is 0 Å². The van der Waals surface area contributed by atoms with Crippen molar-refractivity contribution in [1.82, 2.24) is 0 Å². The molecule has 1 aromatic carbocycles. The Labute approximate surface area is 123 Å². The van der Waals surface area contributed by atoms with Crippen molar-refractivity contribution in [3.63, 3.8) is 0 Å². The summed E-state index contributed by atoms with van der Waals surface area (Å²) in [5.74, 6) is 0. The lowest BCUT2D eigenvalue weighted by Gasteiger charge is -2.27. The molecule has 2 atom stereocenters. The van der Waals surface area contributed by atoms with Gasteiger partial charge < -0.3 is 5.73 Å². The van der Waals surface area contributed by atoms with Crippen LogP contribution in [0, 0.1) is 0 Å². The van der Waals surface area contributed by atoms with Crippen molar-refractivity contribution in [3.8, 4) is 0 Å². The number of benzene rings is 1. The minimum Gasteiger partial charge on any atom is -0.398 e. The van der Waals surface area contributed by atoms with Crippen molar-refractivity contribution in [2.24, 2.45) is 0 Å². The van der Waals surface area contributed by atoms with E-state index in [0.717, 1.165) is 24.2 Å². The molecule has 1 aromatic rings. The molecular weight excluding hydrogens is 302 g/mol. The normalized spacial score (nSPS) is 24.3. The molecule has 2 N–H and O–H groups in total. The number of hydrogen-bond acceptors (Lipinski definition) is 4. The average Bonchev–Trinajstić information content (AvgIpc) is 2.33. The Morgan fingerprint density at radius 3 is 2.79 bits per heavy atom. The summed E-state index contributed by atoms with van der Waals surface area (Å²) >= 11 is 7.62. The van der Waals surface area contributed by atoms with Crippen LogP contribution >= 0.6 is 23.4 Å². The summed E-state index contributed by atoms with van der Waals surface area (Å²) in [6, 6.07) is 5.41. The lowest BCUT2D eigenvalue weighted by Crippen LogP contribution is -2.28. The van der Waals surface area contributed by atoms with Crippen molar-refractivity contribution >= 4 is 38.9 Å². The van der Waals surface area contributed by atoms with Crippen molar-refractivity contribution in [3.05, 3.63) is 23.2 Å². The molecule has 0 spiro atoms. The zero-order valence-corrected chi connectivity index (χ0v) is 13.2. The van der Waals surface area contributed by atoms with Gasteiger partial charge in [-0.05, 0) is 37.5 Å². The fourth-order valence-corrected chi connectivity index (χ4v) is 5.29. The minimum atomic E-state index is -2.94. The lowest BCUT2D eigenvalue weighted by molar-refractivity contribution is 0.495. The van der Waals surface area contributed by atoms with Gasteiger partial charge in [0.2, 0.25) is 0 Å². The molecule has 1 aliphatic rings. The largest absolute Gasteiger partial charge is 0.398 e. The minimum absolute atomic E-state index is 0.209.